The van der Waals surface area contributed by atoms with Gasteiger partial charge in [0.05, 0.1) is 17.5 Å². The fourth-order valence-corrected chi connectivity index (χ4v) is 1.87. The average molecular weight is 232 g/mol. The van der Waals surface area contributed by atoms with Gasteiger partial charge in [-0.15, -0.1) is 0 Å². The van der Waals surface area contributed by atoms with Crippen molar-refractivity contribution < 1.29 is 4.79 Å². The van der Waals surface area contributed by atoms with Crippen LogP contribution in [-0.4, -0.2) is 25.3 Å². The highest BCUT2D eigenvalue weighted by molar-refractivity contribution is 5.96. The summed E-state index contributed by atoms with van der Waals surface area (Å²) in [6.07, 6.45) is 6.73. The number of hydrogen-bond donors (Lipinski definition) is 0. The van der Waals surface area contributed by atoms with E-state index < -0.39 is 0 Å². The number of carbonyl (C=O) groups excluding carboxylic acids is 1. The van der Waals surface area contributed by atoms with Crippen molar-refractivity contribution in [2.24, 2.45) is 14.1 Å². The van der Waals surface area contributed by atoms with E-state index in [1.165, 1.54) is 0 Å². The lowest BCUT2D eigenvalue weighted by Gasteiger charge is -1.97. The Morgan fingerprint density at radius 2 is 2.06 bits per heavy atom. The van der Waals surface area contributed by atoms with Crippen molar-refractivity contribution in [1.82, 2.24) is 19.6 Å². The molecule has 0 aliphatic carbocycles. The van der Waals surface area contributed by atoms with E-state index >= 15 is 0 Å². The van der Waals surface area contributed by atoms with Gasteiger partial charge in [-0.3, -0.25) is 14.2 Å². The molecule has 2 rings (SSSR count). The van der Waals surface area contributed by atoms with Gasteiger partial charge in [0, 0.05) is 32.9 Å². The summed E-state index contributed by atoms with van der Waals surface area (Å²) in [5, 5.41) is 8.25. The van der Waals surface area contributed by atoms with Gasteiger partial charge in [0.1, 0.15) is 0 Å². The molecule has 0 radical (unpaired) electrons. The number of hydrogen-bond acceptors (Lipinski definition) is 3. The van der Waals surface area contributed by atoms with Crippen molar-refractivity contribution in [3.8, 4) is 0 Å². The molecule has 5 nitrogen and oxygen atoms in total. The molecule has 0 saturated carbocycles. The third-order valence-corrected chi connectivity index (χ3v) is 2.71. The molecule has 0 spiro atoms. The quantitative estimate of drug-likeness (QED) is 0.746. The van der Waals surface area contributed by atoms with E-state index in [0.29, 0.717) is 6.42 Å². The van der Waals surface area contributed by atoms with Gasteiger partial charge in [0.15, 0.2) is 5.78 Å². The van der Waals surface area contributed by atoms with Crippen LogP contribution >= 0.6 is 0 Å². The van der Waals surface area contributed by atoms with Gasteiger partial charge >= 0.3 is 0 Å². The maximum atomic E-state index is 12.0. The van der Waals surface area contributed by atoms with Crippen LogP contribution in [0.1, 0.15) is 28.0 Å². The average Bonchev–Trinajstić information content (AvgIpc) is 2.81. The van der Waals surface area contributed by atoms with Crippen molar-refractivity contribution in [1.29, 1.82) is 0 Å². The second kappa shape index (κ2) is 4.53. The summed E-state index contributed by atoms with van der Waals surface area (Å²) in [5.41, 5.74) is 2.60. The zero-order chi connectivity index (χ0) is 12.4. The minimum Gasteiger partial charge on any atom is -0.294 e. The van der Waals surface area contributed by atoms with Crippen LogP contribution in [0.5, 0.6) is 0 Å². The fraction of sp³-hybridized carbons (Fsp3) is 0.417. The Morgan fingerprint density at radius 3 is 2.59 bits per heavy atom. The van der Waals surface area contributed by atoms with Crippen LogP contribution < -0.4 is 0 Å². The normalized spacial score (nSPS) is 10.8. The summed E-state index contributed by atoms with van der Waals surface area (Å²) >= 11 is 0. The van der Waals surface area contributed by atoms with Crippen molar-refractivity contribution in [3.05, 3.63) is 35.4 Å². The lowest BCUT2D eigenvalue weighted by Crippen LogP contribution is -2.01. The van der Waals surface area contributed by atoms with E-state index in [0.717, 1.165) is 23.2 Å². The Bertz CT molecular complexity index is 538. The lowest BCUT2D eigenvalue weighted by molar-refractivity contribution is 0.0982. The second-order valence-electron chi connectivity index (χ2n) is 4.25. The van der Waals surface area contributed by atoms with Gasteiger partial charge < -0.3 is 0 Å². The van der Waals surface area contributed by atoms with Crippen molar-refractivity contribution in [2.75, 3.05) is 0 Å². The Kier molecular flexibility index (Phi) is 3.08. The van der Waals surface area contributed by atoms with E-state index in [-0.39, 0.29) is 5.78 Å². The summed E-state index contributed by atoms with van der Waals surface area (Å²) < 4.78 is 3.42. The molecule has 0 fully saturated rings. The molecule has 0 amide bonds. The van der Waals surface area contributed by atoms with Crippen LogP contribution in [-0.2, 0) is 20.5 Å². The van der Waals surface area contributed by atoms with E-state index in [1.54, 1.807) is 21.8 Å². The third-order valence-electron chi connectivity index (χ3n) is 2.71. The van der Waals surface area contributed by atoms with Gasteiger partial charge in [-0.25, -0.2) is 0 Å². The standard InChI is InChI=1S/C12H16N4O/c1-9-11(8-16(3)14-9)12(17)5-4-10-6-13-15(2)7-10/h6-8H,4-5H2,1-3H3. The first-order valence-corrected chi connectivity index (χ1v) is 5.57. The highest BCUT2D eigenvalue weighted by Gasteiger charge is 2.12. The molecule has 17 heavy (non-hydrogen) atoms. The highest BCUT2D eigenvalue weighted by Crippen LogP contribution is 2.10. The van der Waals surface area contributed by atoms with Crippen LogP contribution in [0.25, 0.3) is 0 Å². The summed E-state index contributed by atoms with van der Waals surface area (Å²) in [7, 11) is 3.70. The van der Waals surface area contributed by atoms with Gasteiger partial charge in [-0.2, -0.15) is 10.2 Å². The van der Waals surface area contributed by atoms with Crippen LogP contribution in [0.2, 0.25) is 0 Å². The van der Waals surface area contributed by atoms with Gasteiger partial charge in [0.25, 0.3) is 0 Å². The number of ketones is 1. The minimum atomic E-state index is 0.138. The molecule has 0 aromatic carbocycles. The number of rotatable bonds is 4. The number of carbonyl (C=O) groups is 1. The minimum absolute atomic E-state index is 0.138. The molecule has 0 unspecified atom stereocenters. The first-order valence-electron chi connectivity index (χ1n) is 5.57. The monoisotopic (exact) mass is 232 g/mol. The van der Waals surface area contributed by atoms with E-state index in [1.807, 2.05) is 27.2 Å². The molecule has 5 heteroatoms. The van der Waals surface area contributed by atoms with Crippen LogP contribution in [0.15, 0.2) is 18.6 Å². The summed E-state index contributed by atoms with van der Waals surface area (Å²) in [5.74, 6) is 0.138. The molecular weight excluding hydrogens is 216 g/mol. The predicted molar refractivity (Wildman–Crippen MR) is 63.8 cm³/mol. The first-order chi connectivity index (χ1) is 8.06. The number of aromatic nitrogens is 4. The molecule has 0 N–H and O–H groups in total. The van der Waals surface area contributed by atoms with Crippen molar-refractivity contribution >= 4 is 5.78 Å². The molecule has 2 aromatic heterocycles. The van der Waals surface area contributed by atoms with Crippen molar-refractivity contribution in [2.45, 2.75) is 19.8 Å². The molecule has 90 valence electrons. The molecule has 0 aliphatic heterocycles. The molecule has 0 aliphatic rings. The fourth-order valence-electron chi connectivity index (χ4n) is 1.87. The summed E-state index contributed by atoms with van der Waals surface area (Å²) in [6, 6.07) is 0. The van der Waals surface area contributed by atoms with E-state index in [9.17, 15) is 4.79 Å². The first kappa shape index (κ1) is 11.6. The summed E-state index contributed by atoms with van der Waals surface area (Å²) in [4.78, 5) is 12.0. The van der Waals surface area contributed by atoms with Crippen LogP contribution in [0, 0.1) is 6.92 Å². The predicted octanol–water partition coefficient (Wildman–Crippen LogP) is 1.28. The van der Waals surface area contributed by atoms with Gasteiger partial charge in [-0.1, -0.05) is 0 Å². The van der Waals surface area contributed by atoms with E-state index in [4.69, 9.17) is 0 Å². The highest BCUT2D eigenvalue weighted by atomic mass is 16.1. The number of Topliss-reactive ketones (excluding diaryl/α,β-unsaturated/α-hetero) is 1. The topological polar surface area (TPSA) is 52.7 Å². The lowest BCUT2D eigenvalue weighted by atomic mass is 10.1. The number of nitrogens with zero attached hydrogens (tertiary/aromatic N) is 4. The van der Waals surface area contributed by atoms with Gasteiger partial charge in [-0.05, 0) is 18.9 Å². The maximum absolute atomic E-state index is 12.0. The van der Waals surface area contributed by atoms with E-state index in [2.05, 4.69) is 10.2 Å². The van der Waals surface area contributed by atoms with Crippen molar-refractivity contribution in [3.63, 3.8) is 0 Å². The molecule has 2 aromatic rings. The summed E-state index contributed by atoms with van der Waals surface area (Å²) in [6.45, 7) is 1.86. The molecule has 0 bridgehead atoms. The third kappa shape index (κ3) is 2.61. The SMILES string of the molecule is Cc1nn(C)cc1C(=O)CCc1cnn(C)c1. The zero-order valence-corrected chi connectivity index (χ0v) is 10.3. The molecular formula is C12H16N4O. The number of aryl methyl sites for hydroxylation is 4. The second-order valence-corrected chi connectivity index (χ2v) is 4.25. The maximum Gasteiger partial charge on any atom is 0.166 e. The Labute approximate surface area is 100 Å². The molecule has 0 saturated heterocycles. The molecule has 0 atom stereocenters. The van der Waals surface area contributed by atoms with Crippen LogP contribution in [0.3, 0.4) is 0 Å². The smallest absolute Gasteiger partial charge is 0.166 e. The largest absolute Gasteiger partial charge is 0.294 e. The van der Waals surface area contributed by atoms with Gasteiger partial charge in [0.2, 0.25) is 0 Å². The molecule has 2 heterocycles. The zero-order valence-electron chi connectivity index (χ0n) is 10.3. The Morgan fingerprint density at radius 1 is 1.29 bits per heavy atom. The van der Waals surface area contributed by atoms with Crippen LogP contribution in [0.4, 0.5) is 0 Å². The Balaban J connectivity index is 2.00. The Hall–Kier alpha value is -1.91.